The monoisotopic (exact) mass is 168 g/mol. The molecule has 0 heterocycles. The highest BCUT2D eigenvalue weighted by Gasteiger charge is 2.15. The Labute approximate surface area is 71.7 Å². The zero-order valence-corrected chi connectivity index (χ0v) is 7.29. The van der Waals surface area contributed by atoms with E-state index in [0.717, 1.165) is 0 Å². The van der Waals surface area contributed by atoms with Crippen molar-refractivity contribution in [2.45, 2.75) is 13.3 Å². The summed E-state index contributed by atoms with van der Waals surface area (Å²) in [7, 11) is 1.24. The fourth-order valence-electron chi connectivity index (χ4n) is 0.693. The summed E-state index contributed by atoms with van der Waals surface area (Å²) in [6, 6.07) is 0. The van der Waals surface area contributed by atoms with Crippen LogP contribution in [0.15, 0.2) is 24.3 Å². The van der Waals surface area contributed by atoms with Crippen LogP contribution in [-0.4, -0.2) is 18.9 Å². The van der Waals surface area contributed by atoms with E-state index in [0.29, 0.717) is 0 Å². The van der Waals surface area contributed by atoms with Crippen LogP contribution < -0.4 is 0 Å². The SMILES string of the molecule is C=CC=C(C(=O)CC)C(=O)OC. The van der Waals surface area contributed by atoms with Crippen LogP contribution in [0.1, 0.15) is 13.3 Å². The molecule has 0 fully saturated rings. The summed E-state index contributed by atoms with van der Waals surface area (Å²) in [6.45, 7) is 5.08. The zero-order chi connectivity index (χ0) is 9.56. The molecule has 0 bridgehead atoms. The highest BCUT2D eigenvalue weighted by molar-refractivity contribution is 6.17. The quantitative estimate of drug-likeness (QED) is 0.208. The molecule has 3 heteroatoms. The van der Waals surface area contributed by atoms with E-state index in [4.69, 9.17) is 0 Å². The van der Waals surface area contributed by atoms with Crippen LogP contribution >= 0.6 is 0 Å². The van der Waals surface area contributed by atoms with Gasteiger partial charge >= 0.3 is 5.97 Å². The molecule has 0 aliphatic rings. The number of ketones is 1. The second kappa shape index (κ2) is 5.29. The van der Waals surface area contributed by atoms with Gasteiger partial charge in [0, 0.05) is 6.42 Å². The van der Waals surface area contributed by atoms with E-state index in [1.807, 2.05) is 0 Å². The van der Waals surface area contributed by atoms with Crippen LogP contribution in [0.4, 0.5) is 0 Å². The molecular weight excluding hydrogens is 156 g/mol. The van der Waals surface area contributed by atoms with Crippen LogP contribution in [0.3, 0.4) is 0 Å². The summed E-state index contributed by atoms with van der Waals surface area (Å²) in [6.07, 6.45) is 3.03. The summed E-state index contributed by atoms with van der Waals surface area (Å²) in [5, 5.41) is 0. The van der Waals surface area contributed by atoms with Crippen LogP contribution in [-0.2, 0) is 14.3 Å². The number of methoxy groups -OCH3 is 1. The standard InChI is InChI=1S/C9H12O3/c1-4-6-7(8(10)5-2)9(11)12-3/h4,6H,1,5H2,2-3H3. The molecule has 0 aromatic rings. The number of hydrogen-bond donors (Lipinski definition) is 0. The second-order valence-corrected chi connectivity index (χ2v) is 2.08. The highest BCUT2D eigenvalue weighted by atomic mass is 16.5. The third kappa shape index (κ3) is 2.70. The normalized spacial score (nSPS) is 10.7. The van der Waals surface area contributed by atoms with Crippen LogP contribution in [0.25, 0.3) is 0 Å². The van der Waals surface area contributed by atoms with Gasteiger partial charge < -0.3 is 4.74 Å². The molecule has 0 aromatic heterocycles. The molecule has 66 valence electrons. The van der Waals surface area contributed by atoms with Crippen molar-refractivity contribution < 1.29 is 14.3 Å². The van der Waals surface area contributed by atoms with Crippen molar-refractivity contribution in [3.05, 3.63) is 24.3 Å². The van der Waals surface area contributed by atoms with Crippen molar-refractivity contribution in [2.24, 2.45) is 0 Å². The van der Waals surface area contributed by atoms with Gasteiger partial charge in [0.25, 0.3) is 0 Å². The molecule has 3 nitrogen and oxygen atoms in total. The largest absolute Gasteiger partial charge is 0.465 e. The van der Waals surface area contributed by atoms with Crippen molar-refractivity contribution in [1.82, 2.24) is 0 Å². The van der Waals surface area contributed by atoms with Crippen molar-refractivity contribution >= 4 is 11.8 Å². The third-order valence-electron chi connectivity index (χ3n) is 1.31. The number of allylic oxidation sites excluding steroid dienone is 2. The molecule has 0 N–H and O–H groups in total. The number of Topliss-reactive ketones (excluding diaryl/α,β-unsaturated/α-hetero) is 1. The van der Waals surface area contributed by atoms with E-state index >= 15 is 0 Å². The van der Waals surface area contributed by atoms with Crippen molar-refractivity contribution in [1.29, 1.82) is 0 Å². The van der Waals surface area contributed by atoms with Crippen LogP contribution in [0, 0.1) is 0 Å². The van der Waals surface area contributed by atoms with Crippen molar-refractivity contribution in [3.63, 3.8) is 0 Å². The first-order valence-electron chi connectivity index (χ1n) is 3.61. The predicted octanol–water partition coefficient (Wildman–Crippen LogP) is 1.25. The minimum Gasteiger partial charge on any atom is -0.465 e. The average molecular weight is 168 g/mol. The van der Waals surface area contributed by atoms with E-state index < -0.39 is 5.97 Å². The molecule has 0 spiro atoms. The summed E-state index contributed by atoms with van der Waals surface area (Å²) in [4.78, 5) is 22.0. The highest BCUT2D eigenvalue weighted by Crippen LogP contribution is 2.02. The van der Waals surface area contributed by atoms with E-state index in [9.17, 15) is 9.59 Å². The number of rotatable bonds is 4. The summed E-state index contributed by atoms with van der Waals surface area (Å²) in [5.41, 5.74) is 0.0509. The van der Waals surface area contributed by atoms with Gasteiger partial charge in [0.1, 0.15) is 5.57 Å². The molecule has 0 aromatic carbocycles. The maximum atomic E-state index is 11.1. The first kappa shape index (κ1) is 10.6. The van der Waals surface area contributed by atoms with Gasteiger partial charge in [0.05, 0.1) is 7.11 Å². The Morgan fingerprint density at radius 3 is 2.42 bits per heavy atom. The summed E-state index contributed by atoms with van der Waals surface area (Å²) < 4.78 is 4.41. The molecule has 0 unspecified atom stereocenters. The molecule has 0 radical (unpaired) electrons. The lowest BCUT2D eigenvalue weighted by molar-refractivity contribution is -0.137. The Bertz CT molecular complexity index is 208. The van der Waals surface area contributed by atoms with Gasteiger partial charge in [-0.3, -0.25) is 4.79 Å². The lowest BCUT2D eigenvalue weighted by Crippen LogP contribution is -2.13. The molecule has 0 atom stereocenters. The zero-order valence-electron chi connectivity index (χ0n) is 7.29. The molecule has 0 rings (SSSR count). The Morgan fingerprint density at radius 2 is 2.08 bits per heavy atom. The predicted molar refractivity (Wildman–Crippen MR) is 45.6 cm³/mol. The maximum Gasteiger partial charge on any atom is 0.341 e. The molecule has 0 saturated carbocycles. The Hall–Kier alpha value is -1.38. The smallest absolute Gasteiger partial charge is 0.341 e. The van der Waals surface area contributed by atoms with Gasteiger partial charge in [0.15, 0.2) is 5.78 Å². The lowest BCUT2D eigenvalue weighted by atomic mass is 10.1. The average Bonchev–Trinajstić information content (AvgIpc) is 2.11. The topological polar surface area (TPSA) is 43.4 Å². The fraction of sp³-hybridized carbons (Fsp3) is 0.333. The van der Waals surface area contributed by atoms with E-state index in [-0.39, 0.29) is 17.8 Å². The Kier molecular flexibility index (Phi) is 4.69. The molecular formula is C9H12O3. The molecule has 0 saturated heterocycles. The molecule has 0 amide bonds. The number of carbonyl (C=O) groups excluding carboxylic acids is 2. The van der Waals surface area contributed by atoms with Gasteiger partial charge in [-0.25, -0.2) is 4.79 Å². The molecule has 12 heavy (non-hydrogen) atoms. The number of hydrogen-bond acceptors (Lipinski definition) is 3. The van der Waals surface area contributed by atoms with E-state index in [1.54, 1.807) is 6.92 Å². The third-order valence-corrected chi connectivity index (χ3v) is 1.31. The van der Waals surface area contributed by atoms with Crippen molar-refractivity contribution in [3.8, 4) is 0 Å². The van der Waals surface area contributed by atoms with Gasteiger partial charge in [-0.05, 0) is 6.08 Å². The summed E-state index contributed by atoms with van der Waals surface area (Å²) >= 11 is 0. The van der Waals surface area contributed by atoms with Crippen LogP contribution in [0.5, 0.6) is 0 Å². The molecule has 0 aliphatic carbocycles. The van der Waals surface area contributed by atoms with Gasteiger partial charge in [-0.15, -0.1) is 0 Å². The summed E-state index contributed by atoms with van der Waals surface area (Å²) in [5.74, 6) is -0.844. The number of carbonyl (C=O) groups is 2. The maximum absolute atomic E-state index is 11.1. The van der Waals surface area contributed by atoms with Gasteiger partial charge in [0.2, 0.25) is 0 Å². The minimum atomic E-state index is -0.609. The first-order chi connectivity index (χ1) is 5.67. The van der Waals surface area contributed by atoms with Crippen molar-refractivity contribution in [2.75, 3.05) is 7.11 Å². The van der Waals surface area contributed by atoms with E-state index in [2.05, 4.69) is 11.3 Å². The minimum absolute atomic E-state index is 0.0509. The fourth-order valence-corrected chi connectivity index (χ4v) is 0.693. The van der Waals surface area contributed by atoms with Gasteiger partial charge in [-0.1, -0.05) is 19.6 Å². The van der Waals surface area contributed by atoms with Crippen LogP contribution in [0.2, 0.25) is 0 Å². The Balaban J connectivity index is 4.67. The number of ether oxygens (including phenoxy) is 1. The molecule has 0 aliphatic heterocycles. The first-order valence-corrected chi connectivity index (χ1v) is 3.61. The number of esters is 1. The second-order valence-electron chi connectivity index (χ2n) is 2.08. The Morgan fingerprint density at radius 1 is 1.50 bits per heavy atom. The lowest BCUT2D eigenvalue weighted by Gasteiger charge is -2.00. The van der Waals surface area contributed by atoms with Gasteiger partial charge in [-0.2, -0.15) is 0 Å². The van der Waals surface area contributed by atoms with E-state index in [1.165, 1.54) is 19.3 Å².